The van der Waals surface area contributed by atoms with Crippen molar-refractivity contribution in [2.45, 2.75) is 65.3 Å². The minimum atomic E-state index is -5.19. The highest BCUT2D eigenvalue weighted by Crippen LogP contribution is 2.65. The van der Waals surface area contributed by atoms with Gasteiger partial charge in [0, 0.05) is 25.1 Å². The first-order chi connectivity index (χ1) is 16.4. The Morgan fingerprint density at radius 3 is 2.28 bits per heavy atom. The number of amides is 5. The van der Waals surface area contributed by atoms with Crippen LogP contribution in [-0.2, 0) is 24.0 Å². The summed E-state index contributed by atoms with van der Waals surface area (Å²) in [6, 6.07) is -3.87. The lowest BCUT2D eigenvalue weighted by molar-refractivity contribution is -0.176. The molecule has 10 nitrogen and oxygen atoms in total. The summed E-state index contributed by atoms with van der Waals surface area (Å²) in [5.41, 5.74) is 4.32. The van der Waals surface area contributed by atoms with Gasteiger partial charge in [-0.2, -0.15) is 13.2 Å². The van der Waals surface area contributed by atoms with Crippen molar-refractivity contribution in [3.05, 3.63) is 11.6 Å². The number of likely N-dealkylation sites (tertiary alicyclic amines) is 1. The van der Waals surface area contributed by atoms with Crippen molar-refractivity contribution < 1.29 is 37.1 Å². The molecule has 13 heteroatoms. The molecule has 3 rings (SSSR count). The molecule has 5 N–H and O–H groups in total. The van der Waals surface area contributed by atoms with Gasteiger partial charge in [-0.05, 0) is 22.7 Å². The molecule has 36 heavy (non-hydrogen) atoms. The summed E-state index contributed by atoms with van der Waals surface area (Å²) in [5, 5.41) is 6.87. The maximum absolute atomic E-state index is 13.5. The molecule has 1 aliphatic carbocycles. The number of piperidine rings is 1. The second kappa shape index (κ2) is 9.07. The Hall–Kier alpha value is -3.12. The average molecular weight is 516 g/mol. The molecule has 3 aliphatic rings. The van der Waals surface area contributed by atoms with E-state index in [1.165, 1.54) is 25.7 Å². The predicted octanol–water partition coefficient (Wildman–Crippen LogP) is -0.0210. The average Bonchev–Trinajstić information content (AvgIpc) is 3.09. The molecule has 1 saturated heterocycles. The molecule has 1 unspecified atom stereocenters. The Bertz CT molecular complexity index is 1020. The summed E-state index contributed by atoms with van der Waals surface area (Å²) in [6.45, 7) is 8.74. The van der Waals surface area contributed by atoms with E-state index in [0.29, 0.717) is 0 Å². The molecule has 2 heterocycles. The van der Waals surface area contributed by atoms with Crippen LogP contribution in [0.2, 0.25) is 0 Å². The molecule has 0 bridgehead atoms. The molecule has 0 aromatic heterocycles. The van der Waals surface area contributed by atoms with Crippen LogP contribution in [0, 0.1) is 22.7 Å². The zero-order valence-corrected chi connectivity index (χ0v) is 20.8. The van der Waals surface area contributed by atoms with Crippen LogP contribution < -0.4 is 21.7 Å². The first kappa shape index (κ1) is 27.5. The standard InChI is InChI=1S/C23H32F3N5O5/c1-21(2,3)15(30-20(36)23(24,25)26)19(35)31-9-11-13(22(11,4)5)14(31)18(34)29-12(16(27)32)8-10-6-7-28-17(10)33/h6,11-15H,7-9H2,1-5H3,(H2,27,32)(H,28,33)(H,29,34)(H,30,36)/t11-,12?,13-,14-,15+/m0/s1. The normalized spacial score (nSPS) is 26.3. The fraction of sp³-hybridized carbons (Fsp3) is 0.696. The molecular formula is C23H32F3N5O5. The van der Waals surface area contributed by atoms with Crippen LogP contribution in [0.3, 0.4) is 0 Å². The zero-order chi connectivity index (χ0) is 27.4. The number of primary amides is 1. The molecule has 0 spiro atoms. The van der Waals surface area contributed by atoms with E-state index in [1.54, 1.807) is 11.4 Å². The number of alkyl halides is 3. The van der Waals surface area contributed by atoms with Crippen molar-refractivity contribution in [3.8, 4) is 0 Å². The number of hydrogen-bond acceptors (Lipinski definition) is 5. The van der Waals surface area contributed by atoms with Crippen LogP contribution in [0.25, 0.3) is 0 Å². The highest BCUT2D eigenvalue weighted by molar-refractivity contribution is 5.99. The second-order valence-electron chi connectivity index (χ2n) is 11.3. The molecule has 2 fully saturated rings. The van der Waals surface area contributed by atoms with E-state index in [-0.39, 0.29) is 48.2 Å². The van der Waals surface area contributed by atoms with Crippen molar-refractivity contribution in [2.75, 3.05) is 13.1 Å². The summed E-state index contributed by atoms with van der Waals surface area (Å²) < 4.78 is 38.8. The molecule has 0 aromatic carbocycles. The van der Waals surface area contributed by atoms with E-state index < -0.39 is 53.3 Å². The topological polar surface area (TPSA) is 151 Å². The van der Waals surface area contributed by atoms with Crippen LogP contribution in [0.1, 0.15) is 41.0 Å². The number of rotatable bonds is 7. The second-order valence-corrected chi connectivity index (χ2v) is 11.3. The van der Waals surface area contributed by atoms with Gasteiger partial charge >= 0.3 is 12.1 Å². The number of hydrogen-bond donors (Lipinski definition) is 4. The Kier molecular flexibility index (Phi) is 6.92. The van der Waals surface area contributed by atoms with Gasteiger partial charge in [0.2, 0.25) is 23.6 Å². The van der Waals surface area contributed by atoms with Gasteiger partial charge in [0.25, 0.3) is 0 Å². The third-order valence-electron chi connectivity index (χ3n) is 7.39. The number of halogens is 3. The van der Waals surface area contributed by atoms with Crippen LogP contribution in [0.5, 0.6) is 0 Å². The SMILES string of the molecule is CC(C)(C)[C@H](NC(=O)C(F)(F)F)C(=O)N1C[C@H]2[C@@H]([C@H]1C(=O)NC(CC1=CCNC1=O)C(N)=O)C2(C)C. The summed E-state index contributed by atoms with van der Waals surface area (Å²) >= 11 is 0. The van der Waals surface area contributed by atoms with Gasteiger partial charge in [-0.15, -0.1) is 0 Å². The van der Waals surface area contributed by atoms with Crippen LogP contribution in [-0.4, -0.2) is 71.8 Å². The third-order valence-corrected chi connectivity index (χ3v) is 7.39. The summed E-state index contributed by atoms with van der Waals surface area (Å²) in [5.74, 6) is -5.43. The quantitative estimate of drug-likeness (QED) is 0.376. The number of carbonyl (C=O) groups excluding carboxylic acids is 5. The summed E-state index contributed by atoms with van der Waals surface area (Å²) in [4.78, 5) is 63.7. The number of nitrogens with zero attached hydrogens (tertiary/aromatic N) is 1. The summed E-state index contributed by atoms with van der Waals surface area (Å²) in [6.07, 6.45) is -3.75. The van der Waals surface area contributed by atoms with E-state index in [4.69, 9.17) is 5.73 Å². The van der Waals surface area contributed by atoms with Crippen molar-refractivity contribution in [1.29, 1.82) is 0 Å². The molecule has 1 saturated carbocycles. The number of nitrogens with one attached hydrogen (secondary N) is 3. The maximum atomic E-state index is 13.5. The molecule has 5 amide bonds. The van der Waals surface area contributed by atoms with E-state index in [2.05, 4.69) is 10.6 Å². The Morgan fingerprint density at radius 2 is 1.81 bits per heavy atom. The largest absolute Gasteiger partial charge is 0.471 e. The predicted molar refractivity (Wildman–Crippen MR) is 121 cm³/mol. The minimum Gasteiger partial charge on any atom is -0.368 e. The fourth-order valence-corrected chi connectivity index (χ4v) is 5.19. The van der Waals surface area contributed by atoms with Crippen molar-refractivity contribution in [2.24, 2.45) is 28.4 Å². The fourth-order valence-electron chi connectivity index (χ4n) is 5.19. The first-order valence-corrected chi connectivity index (χ1v) is 11.6. The van der Waals surface area contributed by atoms with Gasteiger partial charge in [0.1, 0.15) is 18.1 Å². The van der Waals surface area contributed by atoms with Crippen molar-refractivity contribution >= 4 is 29.5 Å². The molecule has 200 valence electrons. The monoisotopic (exact) mass is 515 g/mol. The lowest BCUT2D eigenvalue weighted by Gasteiger charge is -2.38. The van der Waals surface area contributed by atoms with E-state index >= 15 is 0 Å². The zero-order valence-electron chi connectivity index (χ0n) is 20.8. The minimum absolute atomic E-state index is 0.0912. The van der Waals surface area contributed by atoms with Crippen LogP contribution >= 0.6 is 0 Å². The van der Waals surface area contributed by atoms with Gasteiger partial charge in [0.05, 0.1) is 0 Å². The smallest absolute Gasteiger partial charge is 0.368 e. The first-order valence-electron chi connectivity index (χ1n) is 11.6. The highest BCUT2D eigenvalue weighted by Gasteiger charge is 2.70. The van der Waals surface area contributed by atoms with Crippen LogP contribution in [0.15, 0.2) is 11.6 Å². The van der Waals surface area contributed by atoms with Gasteiger partial charge in [-0.1, -0.05) is 40.7 Å². The third kappa shape index (κ3) is 5.19. The van der Waals surface area contributed by atoms with Gasteiger partial charge in [0.15, 0.2) is 0 Å². The lowest BCUT2D eigenvalue weighted by atomic mass is 9.85. The highest BCUT2D eigenvalue weighted by atomic mass is 19.4. The van der Waals surface area contributed by atoms with Crippen molar-refractivity contribution in [1.82, 2.24) is 20.9 Å². The lowest BCUT2D eigenvalue weighted by Crippen LogP contribution is -2.61. The summed E-state index contributed by atoms with van der Waals surface area (Å²) in [7, 11) is 0. The van der Waals surface area contributed by atoms with Gasteiger partial charge in [-0.3, -0.25) is 24.0 Å². The van der Waals surface area contributed by atoms with E-state index in [1.807, 2.05) is 13.8 Å². The number of nitrogens with two attached hydrogens (primary N) is 1. The number of fused-ring (bicyclic) bond motifs is 1. The molecule has 2 aliphatic heterocycles. The molecule has 5 atom stereocenters. The van der Waals surface area contributed by atoms with Crippen molar-refractivity contribution in [3.63, 3.8) is 0 Å². The van der Waals surface area contributed by atoms with Gasteiger partial charge in [-0.25, -0.2) is 0 Å². The molecular weight excluding hydrogens is 483 g/mol. The maximum Gasteiger partial charge on any atom is 0.471 e. The van der Waals surface area contributed by atoms with E-state index in [9.17, 15) is 37.1 Å². The Morgan fingerprint density at radius 1 is 1.19 bits per heavy atom. The Labute approximate surface area is 206 Å². The van der Waals surface area contributed by atoms with Crippen LogP contribution in [0.4, 0.5) is 13.2 Å². The molecule has 0 aromatic rings. The number of carbonyl (C=O) groups is 5. The molecule has 0 radical (unpaired) electrons. The Balaban J connectivity index is 1.85. The van der Waals surface area contributed by atoms with Gasteiger partial charge < -0.3 is 26.6 Å². The van der Waals surface area contributed by atoms with E-state index in [0.717, 1.165) is 0 Å².